The highest BCUT2D eigenvalue weighted by molar-refractivity contribution is 7.13. The van der Waals surface area contributed by atoms with Crippen LogP contribution in [0, 0.1) is 6.92 Å². The van der Waals surface area contributed by atoms with Crippen LogP contribution in [0.4, 0.5) is 0 Å². The number of ether oxygens (including phenoxy) is 1. The maximum Gasteiger partial charge on any atom is 0.263 e. The summed E-state index contributed by atoms with van der Waals surface area (Å²) >= 11 is 1.47. The molecule has 0 aliphatic heterocycles. The minimum atomic E-state index is -0.0757. The predicted molar refractivity (Wildman–Crippen MR) is 110 cm³/mol. The first-order chi connectivity index (χ1) is 13.4. The first-order valence-electron chi connectivity index (χ1n) is 9.69. The molecule has 6 nitrogen and oxygen atoms in total. The molecule has 0 unspecified atom stereocenters. The molecule has 1 saturated carbocycles. The zero-order valence-electron chi connectivity index (χ0n) is 16.6. The molecule has 1 aliphatic carbocycles. The molecule has 0 saturated heterocycles. The molecule has 1 aromatic carbocycles. The number of carbonyl (C=O) groups is 2. The van der Waals surface area contributed by atoms with Crippen LogP contribution >= 0.6 is 11.3 Å². The zero-order valence-corrected chi connectivity index (χ0v) is 17.4. The van der Waals surface area contributed by atoms with Crippen LogP contribution in [0.15, 0.2) is 24.3 Å². The molecule has 28 heavy (non-hydrogen) atoms. The first-order valence-corrected chi connectivity index (χ1v) is 10.5. The van der Waals surface area contributed by atoms with Crippen LogP contribution < -0.4 is 15.4 Å². The van der Waals surface area contributed by atoms with E-state index in [2.05, 4.69) is 29.5 Å². The number of nitrogens with zero attached hydrogens (tertiary/aromatic N) is 1. The van der Waals surface area contributed by atoms with Gasteiger partial charge in [0.1, 0.15) is 10.6 Å². The average Bonchev–Trinajstić information content (AvgIpc) is 3.39. The fourth-order valence-corrected chi connectivity index (χ4v) is 3.66. The summed E-state index contributed by atoms with van der Waals surface area (Å²) in [6, 6.07) is 7.96. The number of nitrogens with one attached hydrogen (secondary N) is 2. The van der Waals surface area contributed by atoms with E-state index in [4.69, 9.17) is 4.74 Å². The molecule has 0 radical (unpaired) electrons. The van der Waals surface area contributed by atoms with Crippen molar-refractivity contribution in [2.45, 2.75) is 52.0 Å². The normalized spacial score (nSPS) is 13.4. The van der Waals surface area contributed by atoms with Crippen molar-refractivity contribution >= 4 is 23.2 Å². The Morgan fingerprint density at radius 1 is 1.25 bits per heavy atom. The van der Waals surface area contributed by atoms with E-state index in [0.29, 0.717) is 29.1 Å². The number of aromatic nitrogens is 1. The fourth-order valence-electron chi connectivity index (χ4n) is 2.67. The predicted octanol–water partition coefficient (Wildman–Crippen LogP) is 3.20. The molecule has 0 bridgehead atoms. The molecule has 150 valence electrons. The maximum absolute atomic E-state index is 12.4. The maximum atomic E-state index is 12.4. The largest absolute Gasteiger partial charge is 0.484 e. The average molecular weight is 402 g/mol. The number of benzene rings is 1. The van der Waals surface area contributed by atoms with Gasteiger partial charge in [0.05, 0.1) is 10.7 Å². The number of carbonyl (C=O) groups excluding carboxylic acids is 2. The molecule has 7 heteroatoms. The SMILES string of the molecule is Cc1nc(C(C)C)sc1C(=O)NCCc1ccc(OCC(=O)NC2CC2)cc1. The van der Waals surface area contributed by atoms with Gasteiger partial charge in [0.2, 0.25) is 0 Å². The van der Waals surface area contributed by atoms with Crippen molar-refractivity contribution in [2.24, 2.45) is 0 Å². The van der Waals surface area contributed by atoms with E-state index in [0.717, 1.165) is 35.5 Å². The molecule has 2 amide bonds. The van der Waals surface area contributed by atoms with E-state index in [-0.39, 0.29) is 18.4 Å². The van der Waals surface area contributed by atoms with E-state index in [1.54, 1.807) is 0 Å². The molecular weight excluding hydrogens is 374 g/mol. The Bertz CT molecular complexity index is 826. The standard InChI is InChI=1S/C21H27N3O3S/c1-13(2)21-23-14(3)19(28-21)20(26)22-11-10-15-4-8-17(9-5-15)27-12-18(25)24-16-6-7-16/h4-5,8-9,13,16H,6-7,10-12H2,1-3H3,(H,22,26)(H,24,25). The molecule has 0 atom stereocenters. The van der Waals surface area contributed by atoms with Gasteiger partial charge in [-0.25, -0.2) is 4.98 Å². The summed E-state index contributed by atoms with van der Waals surface area (Å²) in [4.78, 5) is 29.2. The highest BCUT2D eigenvalue weighted by atomic mass is 32.1. The molecular formula is C21H27N3O3S. The van der Waals surface area contributed by atoms with Crippen molar-refractivity contribution in [1.82, 2.24) is 15.6 Å². The monoisotopic (exact) mass is 401 g/mol. The van der Waals surface area contributed by atoms with Crippen LogP contribution in [0.5, 0.6) is 5.75 Å². The van der Waals surface area contributed by atoms with Crippen molar-refractivity contribution in [1.29, 1.82) is 0 Å². The number of rotatable bonds is 9. The molecule has 1 heterocycles. The van der Waals surface area contributed by atoms with Crippen LogP contribution in [0.1, 0.15) is 58.5 Å². The van der Waals surface area contributed by atoms with Crippen molar-refractivity contribution in [3.05, 3.63) is 45.4 Å². The summed E-state index contributed by atoms with van der Waals surface area (Å²) in [5.41, 5.74) is 1.89. The van der Waals surface area contributed by atoms with Crippen LogP contribution in [0.3, 0.4) is 0 Å². The lowest BCUT2D eigenvalue weighted by Gasteiger charge is -2.08. The van der Waals surface area contributed by atoms with E-state index in [1.165, 1.54) is 11.3 Å². The van der Waals surface area contributed by atoms with E-state index < -0.39 is 0 Å². The minimum absolute atomic E-state index is 0.0401. The third-order valence-electron chi connectivity index (χ3n) is 4.45. The summed E-state index contributed by atoms with van der Waals surface area (Å²) in [6.07, 6.45) is 2.86. The molecule has 1 fully saturated rings. The Hall–Kier alpha value is -2.41. The van der Waals surface area contributed by atoms with Gasteiger partial charge in [-0.15, -0.1) is 11.3 Å². The van der Waals surface area contributed by atoms with E-state index >= 15 is 0 Å². The lowest BCUT2D eigenvalue weighted by Crippen LogP contribution is -2.30. The van der Waals surface area contributed by atoms with Crippen molar-refractivity contribution < 1.29 is 14.3 Å². The summed E-state index contributed by atoms with van der Waals surface area (Å²) < 4.78 is 5.50. The van der Waals surface area contributed by atoms with Gasteiger partial charge >= 0.3 is 0 Å². The second-order valence-electron chi connectivity index (χ2n) is 7.40. The second-order valence-corrected chi connectivity index (χ2v) is 8.43. The lowest BCUT2D eigenvalue weighted by atomic mass is 10.1. The summed E-state index contributed by atoms with van der Waals surface area (Å²) in [6.45, 7) is 6.62. The van der Waals surface area contributed by atoms with Crippen LogP contribution in [-0.2, 0) is 11.2 Å². The Labute approximate surface area is 169 Å². The van der Waals surface area contributed by atoms with Gasteiger partial charge in [-0.05, 0) is 43.9 Å². The fraction of sp³-hybridized carbons (Fsp3) is 0.476. The molecule has 1 aromatic heterocycles. The Balaban J connectivity index is 1.42. The topological polar surface area (TPSA) is 80.3 Å². The van der Waals surface area contributed by atoms with Crippen molar-refractivity contribution in [2.75, 3.05) is 13.2 Å². The van der Waals surface area contributed by atoms with Gasteiger partial charge in [0.15, 0.2) is 6.61 Å². The number of amides is 2. The third-order valence-corrected chi connectivity index (χ3v) is 5.91. The van der Waals surface area contributed by atoms with Crippen molar-refractivity contribution in [3.8, 4) is 5.75 Å². The van der Waals surface area contributed by atoms with Gasteiger partial charge in [0, 0.05) is 18.5 Å². The molecule has 3 rings (SSSR count). The van der Waals surface area contributed by atoms with Crippen LogP contribution in [-0.4, -0.2) is 36.0 Å². The molecule has 2 aromatic rings. The Morgan fingerprint density at radius 3 is 2.57 bits per heavy atom. The Kier molecular flexibility index (Phi) is 6.67. The quantitative estimate of drug-likeness (QED) is 0.676. The van der Waals surface area contributed by atoms with Crippen molar-refractivity contribution in [3.63, 3.8) is 0 Å². The van der Waals surface area contributed by atoms with E-state index in [1.807, 2.05) is 31.2 Å². The van der Waals surface area contributed by atoms with Crippen LogP contribution in [0.2, 0.25) is 0 Å². The first kappa shape index (κ1) is 20.3. The number of hydrogen-bond donors (Lipinski definition) is 2. The number of thiazole rings is 1. The third kappa shape index (κ3) is 5.79. The summed E-state index contributed by atoms with van der Waals surface area (Å²) in [5.74, 6) is 0.850. The van der Waals surface area contributed by atoms with Gasteiger partial charge in [-0.3, -0.25) is 9.59 Å². The number of hydrogen-bond acceptors (Lipinski definition) is 5. The second kappa shape index (κ2) is 9.19. The molecule has 0 spiro atoms. The number of aryl methyl sites for hydroxylation is 1. The Morgan fingerprint density at radius 2 is 1.96 bits per heavy atom. The molecule has 2 N–H and O–H groups in total. The lowest BCUT2D eigenvalue weighted by molar-refractivity contribution is -0.123. The summed E-state index contributed by atoms with van der Waals surface area (Å²) in [7, 11) is 0. The summed E-state index contributed by atoms with van der Waals surface area (Å²) in [5, 5.41) is 6.85. The molecule has 1 aliphatic rings. The highest BCUT2D eigenvalue weighted by Crippen LogP contribution is 2.24. The van der Waals surface area contributed by atoms with Gasteiger partial charge < -0.3 is 15.4 Å². The minimum Gasteiger partial charge on any atom is -0.484 e. The van der Waals surface area contributed by atoms with Gasteiger partial charge in [-0.1, -0.05) is 26.0 Å². The van der Waals surface area contributed by atoms with Gasteiger partial charge in [0.25, 0.3) is 11.8 Å². The zero-order chi connectivity index (χ0) is 20.1. The van der Waals surface area contributed by atoms with Gasteiger partial charge in [-0.2, -0.15) is 0 Å². The smallest absolute Gasteiger partial charge is 0.263 e. The van der Waals surface area contributed by atoms with E-state index in [9.17, 15) is 9.59 Å². The highest BCUT2D eigenvalue weighted by Gasteiger charge is 2.23. The van der Waals surface area contributed by atoms with Crippen LogP contribution in [0.25, 0.3) is 0 Å².